The molecule has 0 aliphatic carbocycles. The summed E-state index contributed by atoms with van der Waals surface area (Å²) >= 11 is 1.68. The van der Waals surface area contributed by atoms with E-state index in [1.807, 2.05) is 20.8 Å². The van der Waals surface area contributed by atoms with Crippen LogP contribution in [0.25, 0.3) is 0 Å². The lowest BCUT2D eigenvalue weighted by atomic mass is 9.97. The number of hydrogen-bond donors (Lipinski definition) is 2. The number of carbonyl (C=O) groups is 2. The lowest BCUT2D eigenvalue weighted by molar-refractivity contribution is -0.138. The molecule has 0 spiro atoms. The number of hydrogen-bond acceptors (Lipinski definition) is 4. The molecular weight excluding hydrogens is 276 g/mol. The first-order valence-corrected chi connectivity index (χ1v) is 8.30. The minimum atomic E-state index is -0.847. The van der Waals surface area contributed by atoms with E-state index in [0.29, 0.717) is 25.0 Å². The highest BCUT2D eigenvalue weighted by atomic mass is 32.2. The highest BCUT2D eigenvalue weighted by Gasteiger charge is 2.52. The first kappa shape index (κ1) is 15.6. The van der Waals surface area contributed by atoms with Crippen LogP contribution in [-0.4, -0.2) is 50.6 Å². The van der Waals surface area contributed by atoms with Crippen molar-refractivity contribution in [3.63, 3.8) is 0 Å². The van der Waals surface area contributed by atoms with Gasteiger partial charge in [-0.2, -0.15) is 0 Å². The second kappa shape index (κ2) is 5.56. The number of aliphatic hydroxyl groups is 1. The van der Waals surface area contributed by atoms with Crippen LogP contribution >= 0.6 is 11.8 Å². The molecule has 2 N–H and O–H groups in total. The van der Waals surface area contributed by atoms with E-state index >= 15 is 0 Å². The van der Waals surface area contributed by atoms with Crippen molar-refractivity contribution in [3.05, 3.63) is 0 Å². The minimum absolute atomic E-state index is 0.0684. The zero-order valence-electron chi connectivity index (χ0n) is 12.4. The predicted octanol–water partition coefficient (Wildman–Crippen LogP) is 1.11. The Morgan fingerprint density at radius 2 is 2.20 bits per heavy atom. The molecular formula is C14H24N2O3S. The Bertz CT molecular complexity index is 411. The lowest BCUT2D eigenvalue weighted by Crippen LogP contribution is -2.52. The number of carbonyl (C=O) groups excluding carboxylic acids is 2. The zero-order valence-corrected chi connectivity index (χ0v) is 13.3. The molecule has 0 aromatic rings. The van der Waals surface area contributed by atoms with Crippen molar-refractivity contribution in [2.24, 2.45) is 0 Å². The Hall–Kier alpha value is -0.750. The molecule has 0 radical (unpaired) electrons. The molecule has 5 nitrogen and oxygen atoms in total. The van der Waals surface area contributed by atoms with E-state index in [1.165, 1.54) is 0 Å². The Morgan fingerprint density at radius 1 is 1.55 bits per heavy atom. The van der Waals surface area contributed by atoms with E-state index in [0.717, 1.165) is 6.42 Å². The standard InChI is InChI=1S/C14H24N2O3S/c1-4-14(19,5-2)9-15-12(18)10-8-20-13(3)7-6-11(17)16(10)13/h10,19H,4-9H2,1-3H3,(H,15,18). The molecule has 0 saturated carbocycles. The zero-order chi connectivity index (χ0) is 15.0. The molecule has 2 saturated heterocycles. The normalized spacial score (nSPS) is 29.7. The molecule has 0 aromatic carbocycles. The van der Waals surface area contributed by atoms with Crippen LogP contribution in [0.3, 0.4) is 0 Å². The van der Waals surface area contributed by atoms with Crippen LogP contribution in [0.15, 0.2) is 0 Å². The second-order valence-electron chi connectivity index (χ2n) is 5.91. The first-order chi connectivity index (χ1) is 9.35. The van der Waals surface area contributed by atoms with Crippen LogP contribution in [0, 0.1) is 0 Å². The maximum Gasteiger partial charge on any atom is 0.243 e. The average Bonchev–Trinajstić information content (AvgIpc) is 2.93. The van der Waals surface area contributed by atoms with E-state index in [4.69, 9.17) is 0 Å². The number of rotatable bonds is 5. The summed E-state index contributed by atoms with van der Waals surface area (Å²) in [5, 5.41) is 13.0. The summed E-state index contributed by atoms with van der Waals surface area (Å²) in [7, 11) is 0. The summed E-state index contributed by atoms with van der Waals surface area (Å²) < 4.78 is 0. The Labute approximate surface area is 124 Å². The van der Waals surface area contributed by atoms with Gasteiger partial charge in [0, 0.05) is 18.7 Å². The topological polar surface area (TPSA) is 69.6 Å². The monoisotopic (exact) mass is 300 g/mol. The molecule has 20 heavy (non-hydrogen) atoms. The van der Waals surface area contributed by atoms with Gasteiger partial charge in [0.1, 0.15) is 6.04 Å². The van der Waals surface area contributed by atoms with Crippen LogP contribution in [0.4, 0.5) is 0 Å². The number of fused-ring (bicyclic) bond motifs is 1. The summed E-state index contributed by atoms with van der Waals surface area (Å²) in [5.41, 5.74) is -0.847. The maximum absolute atomic E-state index is 12.3. The molecule has 2 unspecified atom stereocenters. The number of nitrogens with one attached hydrogen (secondary N) is 1. The number of amides is 2. The maximum atomic E-state index is 12.3. The summed E-state index contributed by atoms with van der Waals surface area (Å²) in [6.45, 7) is 6.09. The average molecular weight is 300 g/mol. The van der Waals surface area contributed by atoms with E-state index < -0.39 is 11.6 Å². The Kier molecular flexibility index (Phi) is 4.35. The molecule has 0 aromatic heterocycles. The first-order valence-electron chi connectivity index (χ1n) is 7.31. The molecule has 2 aliphatic rings. The molecule has 0 bridgehead atoms. The summed E-state index contributed by atoms with van der Waals surface area (Å²) in [6.07, 6.45) is 2.54. The van der Waals surface area contributed by atoms with E-state index in [2.05, 4.69) is 5.32 Å². The van der Waals surface area contributed by atoms with Crippen LogP contribution in [0.1, 0.15) is 46.5 Å². The third kappa shape index (κ3) is 2.68. The van der Waals surface area contributed by atoms with Gasteiger partial charge in [0.25, 0.3) is 0 Å². The van der Waals surface area contributed by atoms with Crippen molar-refractivity contribution >= 4 is 23.6 Å². The van der Waals surface area contributed by atoms with Crippen molar-refractivity contribution in [3.8, 4) is 0 Å². The molecule has 2 fully saturated rings. The Morgan fingerprint density at radius 3 is 2.80 bits per heavy atom. The molecule has 6 heteroatoms. The highest BCUT2D eigenvalue weighted by Crippen LogP contribution is 2.47. The second-order valence-corrected chi connectivity index (χ2v) is 7.42. The van der Waals surface area contributed by atoms with Gasteiger partial charge in [-0.1, -0.05) is 13.8 Å². The molecule has 114 valence electrons. The van der Waals surface area contributed by atoms with Gasteiger partial charge in [-0.05, 0) is 26.2 Å². The minimum Gasteiger partial charge on any atom is -0.388 e. The van der Waals surface area contributed by atoms with Gasteiger partial charge in [0.15, 0.2) is 0 Å². The molecule has 2 aliphatic heterocycles. The van der Waals surface area contributed by atoms with Crippen molar-refractivity contribution in [2.45, 2.75) is 63.0 Å². The van der Waals surface area contributed by atoms with E-state index in [1.54, 1.807) is 16.7 Å². The molecule has 2 amide bonds. The lowest BCUT2D eigenvalue weighted by Gasteiger charge is -2.31. The quantitative estimate of drug-likeness (QED) is 0.798. The molecule has 2 atom stereocenters. The number of thioether (sulfide) groups is 1. The predicted molar refractivity (Wildman–Crippen MR) is 79.3 cm³/mol. The van der Waals surface area contributed by atoms with Crippen molar-refractivity contribution in [2.75, 3.05) is 12.3 Å². The van der Waals surface area contributed by atoms with Crippen LogP contribution in [-0.2, 0) is 9.59 Å². The van der Waals surface area contributed by atoms with Crippen LogP contribution in [0.2, 0.25) is 0 Å². The van der Waals surface area contributed by atoms with Gasteiger partial charge in [-0.3, -0.25) is 9.59 Å². The fourth-order valence-electron chi connectivity index (χ4n) is 2.88. The van der Waals surface area contributed by atoms with Gasteiger partial charge in [-0.25, -0.2) is 0 Å². The van der Waals surface area contributed by atoms with Crippen LogP contribution in [0.5, 0.6) is 0 Å². The third-order valence-corrected chi connectivity index (χ3v) is 6.16. The van der Waals surface area contributed by atoms with Crippen LogP contribution < -0.4 is 5.32 Å². The van der Waals surface area contributed by atoms with Gasteiger partial charge in [-0.15, -0.1) is 11.8 Å². The summed E-state index contributed by atoms with van der Waals surface area (Å²) in [6, 6.07) is -0.391. The van der Waals surface area contributed by atoms with E-state index in [-0.39, 0.29) is 23.2 Å². The van der Waals surface area contributed by atoms with E-state index in [9.17, 15) is 14.7 Å². The smallest absolute Gasteiger partial charge is 0.243 e. The fourth-order valence-corrected chi connectivity index (χ4v) is 4.32. The summed E-state index contributed by atoms with van der Waals surface area (Å²) in [4.78, 5) is 25.8. The summed E-state index contributed by atoms with van der Waals surface area (Å²) in [5.74, 6) is 0.570. The SMILES string of the molecule is CCC(O)(CC)CNC(=O)C1CSC2(C)CCC(=O)N12. The third-order valence-electron chi connectivity index (χ3n) is 4.66. The Balaban J connectivity index is 1.99. The van der Waals surface area contributed by atoms with Gasteiger partial charge >= 0.3 is 0 Å². The van der Waals surface area contributed by atoms with Crippen molar-refractivity contribution in [1.29, 1.82) is 0 Å². The van der Waals surface area contributed by atoms with Gasteiger partial charge < -0.3 is 15.3 Å². The highest BCUT2D eigenvalue weighted by molar-refractivity contribution is 8.01. The molecule has 2 heterocycles. The van der Waals surface area contributed by atoms with Crippen molar-refractivity contribution < 1.29 is 14.7 Å². The molecule has 2 rings (SSSR count). The van der Waals surface area contributed by atoms with Crippen molar-refractivity contribution in [1.82, 2.24) is 10.2 Å². The number of nitrogens with zero attached hydrogens (tertiary/aromatic N) is 1. The van der Waals surface area contributed by atoms with Gasteiger partial charge in [0.05, 0.1) is 10.5 Å². The van der Waals surface area contributed by atoms with Gasteiger partial charge in [0.2, 0.25) is 11.8 Å². The largest absolute Gasteiger partial charge is 0.388 e. The fraction of sp³-hybridized carbons (Fsp3) is 0.857.